The summed E-state index contributed by atoms with van der Waals surface area (Å²) in [5, 5.41) is 8.75. The van der Waals surface area contributed by atoms with E-state index in [4.69, 9.17) is 62.5 Å². The van der Waals surface area contributed by atoms with Crippen molar-refractivity contribution < 1.29 is 17.7 Å². The Morgan fingerprint density at radius 2 is 0.462 bits per heavy atom. The van der Waals surface area contributed by atoms with Crippen LogP contribution in [0.1, 0.15) is 114 Å². The number of furan rings is 4. The Balaban J connectivity index is 0.000000108. The molecule has 0 saturated heterocycles. The molecule has 1 unspecified atom stereocenters. The van der Waals surface area contributed by atoms with Crippen LogP contribution in [0.3, 0.4) is 0 Å². The van der Waals surface area contributed by atoms with Crippen molar-refractivity contribution in [2.24, 2.45) is 5.41 Å². The van der Waals surface area contributed by atoms with Crippen molar-refractivity contribution in [2.75, 3.05) is 0 Å². The molecule has 0 radical (unpaired) electrons. The van der Waals surface area contributed by atoms with Crippen molar-refractivity contribution >= 4 is 87.8 Å². The van der Waals surface area contributed by atoms with E-state index in [1.54, 1.807) is 0 Å². The number of aromatic nitrogens is 9. The molecule has 4 aliphatic carbocycles. The summed E-state index contributed by atoms with van der Waals surface area (Å²) in [4.78, 5) is 46.6. The van der Waals surface area contributed by atoms with Crippen LogP contribution < -0.4 is 0 Å². The van der Waals surface area contributed by atoms with Crippen LogP contribution in [0.4, 0.5) is 0 Å². The van der Waals surface area contributed by atoms with Gasteiger partial charge in [-0.15, -0.1) is 0 Å². The molecule has 1 atom stereocenters. The Morgan fingerprint density at radius 1 is 0.179 bits per heavy atom. The lowest BCUT2D eigenvalue weighted by Crippen LogP contribution is -2.36. The highest BCUT2D eigenvalue weighted by Gasteiger charge is 2.51. The highest BCUT2D eigenvalue weighted by molar-refractivity contribution is 6.19. The van der Waals surface area contributed by atoms with Crippen LogP contribution in [0.5, 0.6) is 0 Å². The molecule has 145 heavy (non-hydrogen) atoms. The second-order valence-corrected chi connectivity index (χ2v) is 41.3. The summed E-state index contributed by atoms with van der Waals surface area (Å²) in [5.74, 6) is 5.38. The maximum absolute atomic E-state index is 6.85. The molecule has 18 aromatic carbocycles. The standard InChI is InChI=1S/C45H33N3O.C45H35N3O.C42H27N3O2/c1-44(2)34-19-11-8-16-28(34)30-23-22-27(24-36(30)44)42-46-41(26-14-6-5-7-15-26)47-43(48-42)33-25-32-29-17-9-12-20-35(29)45(3,4)39(32)38-31-18-10-13-21-37(31)49-40(33)38;1-44(2,3)45(4)36-25-15-13-22-31(36)34-27-35(40-38(39(34)45)33-24-14-16-26-37(33)49-40)43-47-41(29-19-9-6-10-20-29)46-42(48-43)32-23-12-11-21-30(32)28-17-7-5-8-18-28;1-42(2)32-20-9-6-15-25(32)30-23-31(38-35(36(30)42)28-17-8-11-22-34(28)47-38)41-44-39(24-13-4-3-5-14-24)43-40(45-41)29-19-12-18-27-26-16-7-10-21-33(26)46-37(27)29/h5-25H,1-4H3;5-27H,1-4H3;3-23H,1-2H3. The SMILES string of the molecule is CC(C)(C)C1(C)c2ccccc2-c2cc(-c3nc(-c4ccccc4)nc(-c4ccccc4-c4ccccc4)n3)c3oc4ccccc4c3c21.CC1(C)c2ccccc2-c2cc(-c3nc(-c4ccccc4)nc(-c4cccc5c4oc4ccccc45)n3)c3oc4ccccc4c3c21.CC1(C)c2ccccc2-c2ccc(-c3nc(-c4ccccc4)nc(-c4cc5c(c6c4oc4ccccc46)C(C)(C)c4ccccc4-5)n3)cc21. The first-order chi connectivity index (χ1) is 70.7. The van der Waals surface area contributed by atoms with Gasteiger partial charge in [0.25, 0.3) is 0 Å². The molecule has 25 aromatic rings. The van der Waals surface area contributed by atoms with E-state index in [-0.39, 0.29) is 27.1 Å². The number of fused-ring (bicyclic) bond motifs is 27. The lowest BCUT2D eigenvalue weighted by Gasteiger charge is -2.41. The molecule has 692 valence electrons. The summed E-state index contributed by atoms with van der Waals surface area (Å²) >= 11 is 0. The number of hydrogen-bond donors (Lipinski definition) is 0. The Kier molecular flexibility index (Phi) is 19.4. The summed E-state index contributed by atoms with van der Waals surface area (Å²) < 4.78 is 26.8. The van der Waals surface area contributed by atoms with Crippen molar-refractivity contribution in [3.8, 4) is 158 Å². The molecule has 0 fully saturated rings. The molecule has 13 heteroatoms. The van der Waals surface area contributed by atoms with Gasteiger partial charge in [-0.3, -0.25) is 0 Å². The van der Waals surface area contributed by atoms with E-state index in [1.807, 2.05) is 133 Å². The van der Waals surface area contributed by atoms with E-state index < -0.39 is 0 Å². The van der Waals surface area contributed by atoms with Gasteiger partial charge in [-0.1, -0.05) is 409 Å². The average molecular weight is 1870 g/mol. The second kappa shape index (κ2) is 32.6. The molecule has 0 saturated carbocycles. The molecule has 0 amide bonds. The molecule has 13 nitrogen and oxygen atoms in total. The smallest absolute Gasteiger partial charge is 0.167 e. The number of nitrogens with zero attached hydrogens (tertiary/aromatic N) is 9. The van der Waals surface area contributed by atoms with Crippen molar-refractivity contribution in [3.05, 3.63) is 439 Å². The van der Waals surface area contributed by atoms with E-state index in [1.165, 1.54) is 89.0 Å². The molecule has 0 aliphatic heterocycles. The van der Waals surface area contributed by atoms with Crippen molar-refractivity contribution in [3.63, 3.8) is 0 Å². The van der Waals surface area contributed by atoms with Gasteiger partial charge in [0.2, 0.25) is 0 Å². The summed E-state index contributed by atoms with van der Waals surface area (Å²) in [6.07, 6.45) is 0. The Hall–Kier alpha value is -17.8. The molecule has 29 rings (SSSR count). The van der Waals surface area contributed by atoms with Gasteiger partial charge in [-0.05, 0) is 160 Å². The maximum Gasteiger partial charge on any atom is 0.167 e. The van der Waals surface area contributed by atoms with Crippen LogP contribution in [0.25, 0.3) is 246 Å². The first-order valence-corrected chi connectivity index (χ1v) is 49.7. The zero-order valence-corrected chi connectivity index (χ0v) is 81.7. The summed E-state index contributed by atoms with van der Waals surface area (Å²) in [7, 11) is 0. The van der Waals surface area contributed by atoms with Crippen LogP contribution in [0.15, 0.2) is 412 Å². The van der Waals surface area contributed by atoms with Gasteiger partial charge in [0.1, 0.15) is 44.7 Å². The van der Waals surface area contributed by atoms with Crippen LogP contribution in [-0.2, 0) is 21.7 Å². The molecular formula is C132H95N9O4. The third-order valence-electron chi connectivity index (χ3n) is 31.2. The Bertz CT molecular complexity index is 9680. The van der Waals surface area contributed by atoms with Crippen molar-refractivity contribution in [1.82, 2.24) is 44.9 Å². The fourth-order valence-corrected chi connectivity index (χ4v) is 23.8. The first kappa shape index (κ1) is 86.3. The minimum atomic E-state index is -0.267. The molecular weight excluding hydrogens is 1780 g/mol. The van der Waals surface area contributed by atoms with Crippen LogP contribution in [0, 0.1) is 5.41 Å². The summed E-state index contributed by atoms with van der Waals surface area (Å²) in [6, 6.07) is 137. The minimum absolute atomic E-state index is 0.0802. The number of benzene rings is 18. The average Bonchev–Trinajstić information content (AvgIpc) is 1.51. The van der Waals surface area contributed by atoms with E-state index in [2.05, 4.69) is 330 Å². The Labute approximate surface area is 837 Å². The number of para-hydroxylation sites is 5. The van der Waals surface area contributed by atoms with Gasteiger partial charge in [-0.2, -0.15) is 0 Å². The monoisotopic (exact) mass is 1870 g/mol. The van der Waals surface area contributed by atoms with E-state index in [0.29, 0.717) is 52.4 Å². The van der Waals surface area contributed by atoms with Gasteiger partial charge in [-0.25, -0.2) is 44.9 Å². The summed E-state index contributed by atoms with van der Waals surface area (Å²) in [6.45, 7) is 23.3. The van der Waals surface area contributed by atoms with Gasteiger partial charge in [0.15, 0.2) is 52.4 Å². The van der Waals surface area contributed by atoms with E-state index >= 15 is 0 Å². The highest BCUT2D eigenvalue weighted by Crippen LogP contribution is 2.63. The topological polar surface area (TPSA) is 169 Å². The number of hydrogen-bond acceptors (Lipinski definition) is 13. The fourth-order valence-electron chi connectivity index (χ4n) is 23.8. The first-order valence-electron chi connectivity index (χ1n) is 49.7. The third kappa shape index (κ3) is 13.4. The third-order valence-corrected chi connectivity index (χ3v) is 31.2. The normalized spacial score (nSPS) is 14.6. The fraction of sp³-hybridized carbons (Fsp3) is 0.114. The van der Waals surface area contributed by atoms with Gasteiger partial charge in [0, 0.05) is 92.6 Å². The van der Waals surface area contributed by atoms with Crippen LogP contribution in [0.2, 0.25) is 0 Å². The zero-order chi connectivity index (χ0) is 97.7. The van der Waals surface area contributed by atoms with Crippen molar-refractivity contribution in [1.29, 1.82) is 0 Å². The summed E-state index contributed by atoms with van der Waals surface area (Å²) in [5.41, 5.74) is 36.2. The van der Waals surface area contributed by atoms with E-state index in [9.17, 15) is 0 Å². The molecule has 7 heterocycles. The Morgan fingerprint density at radius 3 is 0.903 bits per heavy atom. The molecule has 0 N–H and O–H groups in total. The second-order valence-electron chi connectivity index (χ2n) is 41.3. The van der Waals surface area contributed by atoms with Gasteiger partial charge in [0.05, 0.1) is 22.3 Å². The number of rotatable bonds is 10. The predicted octanol–water partition coefficient (Wildman–Crippen LogP) is 34.1. The largest absolute Gasteiger partial charge is 0.455 e. The highest BCUT2D eigenvalue weighted by atomic mass is 16.3. The minimum Gasteiger partial charge on any atom is -0.455 e. The van der Waals surface area contributed by atoms with Gasteiger partial charge < -0.3 is 17.7 Å². The molecule has 4 aliphatic rings. The maximum atomic E-state index is 6.85. The predicted molar refractivity (Wildman–Crippen MR) is 587 cm³/mol. The van der Waals surface area contributed by atoms with Crippen molar-refractivity contribution in [2.45, 2.75) is 90.9 Å². The molecule has 0 spiro atoms. The lowest BCUT2D eigenvalue weighted by atomic mass is 9.62. The van der Waals surface area contributed by atoms with Crippen LogP contribution in [-0.4, -0.2) is 44.9 Å². The quantitative estimate of drug-likeness (QED) is 0.127. The van der Waals surface area contributed by atoms with Gasteiger partial charge >= 0.3 is 0 Å². The zero-order valence-electron chi connectivity index (χ0n) is 81.7. The molecule has 7 aromatic heterocycles. The van der Waals surface area contributed by atoms with E-state index in [0.717, 1.165) is 149 Å². The molecule has 0 bridgehead atoms. The van der Waals surface area contributed by atoms with Crippen LogP contribution >= 0.6 is 0 Å². The lowest BCUT2D eigenvalue weighted by molar-refractivity contribution is 0.256.